The van der Waals surface area contributed by atoms with E-state index in [0.29, 0.717) is 0 Å². The number of nitrogens with zero attached hydrogens (tertiary/aromatic N) is 1. The molecule has 0 aliphatic heterocycles. The third kappa shape index (κ3) is 26.6. The van der Waals surface area contributed by atoms with Gasteiger partial charge in [-0.05, 0) is 27.1 Å². The highest BCUT2D eigenvalue weighted by Gasteiger charge is 1.95. The Morgan fingerprint density at radius 2 is 0.640 bits per heavy atom. The van der Waals surface area contributed by atoms with E-state index in [1.54, 1.807) is 0 Å². The van der Waals surface area contributed by atoms with Gasteiger partial charge in [0, 0.05) is 0 Å². The van der Waals surface area contributed by atoms with Gasteiger partial charge < -0.3 is 4.90 Å². The molecule has 0 fully saturated rings. The number of rotatable bonds is 20. The monoisotopic (exact) mass is 375 g/mol. The first kappa shape index (κ1) is 27.5. The maximum atomic E-state index is 2.30. The molecule has 25 heavy (non-hydrogen) atoms. The maximum absolute atomic E-state index is 2.30. The molecule has 0 heterocycles. The molecule has 0 aromatic rings. The van der Waals surface area contributed by atoms with E-state index in [0.717, 1.165) is 0 Å². The first-order valence-electron chi connectivity index (χ1n) is 11.4. The zero-order chi connectivity index (χ0) is 17.7. The topological polar surface area (TPSA) is 3.24 Å². The highest BCUT2D eigenvalue weighted by molar-refractivity contribution is 5.85. The van der Waals surface area contributed by atoms with Gasteiger partial charge in [0.15, 0.2) is 0 Å². The normalized spacial score (nSPS) is 11.0. The smallest absolute Gasteiger partial charge is 0.00248 e. The zero-order valence-corrected chi connectivity index (χ0v) is 18.8. The summed E-state index contributed by atoms with van der Waals surface area (Å²) < 4.78 is 0. The molecule has 0 atom stereocenters. The Morgan fingerprint density at radius 1 is 0.400 bits per heavy atom. The predicted octanol–water partition coefficient (Wildman–Crippen LogP) is 8.40. The first-order valence-corrected chi connectivity index (χ1v) is 11.4. The zero-order valence-electron chi connectivity index (χ0n) is 18.0. The van der Waals surface area contributed by atoms with Crippen LogP contribution in [0.3, 0.4) is 0 Å². The Morgan fingerprint density at radius 3 is 0.880 bits per heavy atom. The molecule has 0 aromatic heterocycles. The Labute approximate surface area is 167 Å². The lowest BCUT2D eigenvalue weighted by molar-refractivity contribution is 0.389. The Bertz CT molecular complexity index is 218. The molecule has 0 rings (SSSR count). The quantitative estimate of drug-likeness (QED) is 0.193. The summed E-state index contributed by atoms with van der Waals surface area (Å²) in [7, 11) is 4.35. The molecule has 0 saturated carbocycles. The summed E-state index contributed by atoms with van der Waals surface area (Å²) in [5.41, 5.74) is 0. The van der Waals surface area contributed by atoms with Crippen LogP contribution in [-0.4, -0.2) is 25.5 Å². The van der Waals surface area contributed by atoms with Gasteiger partial charge in [-0.1, -0.05) is 122 Å². The van der Waals surface area contributed by atoms with E-state index in [1.165, 1.54) is 129 Å². The SMILES string of the molecule is CCCCCCCCCCCCCCCCCCCCCN(C)C.Cl. The summed E-state index contributed by atoms with van der Waals surface area (Å²) in [6.45, 7) is 3.56. The molecule has 1 nitrogen and oxygen atoms in total. The van der Waals surface area contributed by atoms with Crippen molar-refractivity contribution in [3.05, 3.63) is 0 Å². The molecule has 0 bridgehead atoms. The van der Waals surface area contributed by atoms with Crippen molar-refractivity contribution in [3.8, 4) is 0 Å². The molecule has 2 heteroatoms. The number of hydrogen-bond donors (Lipinski definition) is 0. The van der Waals surface area contributed by atoms with Crippen molar-refractivity contribution < 1.29 is 0 Å². The molecule has 0 amide bonds. The lowest BCUT2D eigenvalue weighted by Crippen LogP contribution is -2.12. The van der Waals surface area contributed by atoms with Gasteiger partial charge in [0.1, 0.15) is 0 Å². The van der Waals surface area contributed by atoms with Crippen molar-refractivity contribution in [1.82, 2.24) is 4.90 Å². The van der Waals surface area contributed by atoms with Crippen LogP contribution in [0.2, 0.25) is 0 Å². The molecule has 0 aliphatic rings. The lowest BCUT2D eigenvalue weighted by atomic mass is 10.0. The van der Waals surface area contributed by atoms with Crippen LogP contribution in [0.4, 0.5) is 0 Å². The van der Waals surface area contributed by atoms with Crippen LogP contribution < -0.4 is 0 Å². The van der Waals surface area contributed by atoms with Crippen molar-refractivity contribution in [2.45, 2.75) is 129 Å². The fourth-order valence-corrected chi connectivity index (χ4v) is 3.51. The molecular weight excluding hydrogens is 326 g/mol. The molecule has 154 valence electrons. The van der Waals surface area contributed by atoms with E-state index >= 15 is 0 Å². The summed E-state index contributed by atoms with van der Waals surface area (Å²) in [5.74, 6) is 0. The van der Waals surface area contributed by atoms with E-state index in [4.69, 9.17) is 0 Å². The van der Waals surface area contributed by atoms with Gasteiger partial charge in [0.2, 0.25) is 0 Å². The summed E-state index contributed by atoms with van der Waals surface area (Å²) >= 11 is 0. The van der Waals surface area contributed by atoms with Gasteiger partial charge in [-0.15, -0.1) is 12.4 Å². The van der Waals surface area contributed by atoms with Crippen LogP contribution in [0.5, 0.6) is 0 Å². The lowest BCUT2D eigenvalue weighted by Gasteiger charge is -2.08. The Kier molecular flexibility index (Phi) is 26.6. The van der Waals surface area contributed by atoms with E-state index < -0.39 is 0 Å². The van der Waals surface area contributed by atoms with Crippen molar-refractivity contribution in [3.63, 3.8) is 0 Å². The van der Waals surface area contributed by atoms with Crippen molar-refractivity contribution in [1.29, 1.82) is 0 Å². The van der Waals surface area contributed by atoms with Crippen LogP contribution in [0, 0.1) is 0 Å². The van der Waals surface area contributed by atoms with Crippen LogP contribution >= 0.6 is 12.4 Å². The van der Waals surface area contributed by atoms with Crippen LogP contribution in [0.25, 0.3) is 0 Å². The molecular formula is C23H50ClN. The minimum atomic E-state index is 0. The molecule has 0 aromatic carbocycles. The molecule has 0 N–H and O–H groups in total. The Hall–Kier alpha value is 0.250. The summed E-state index contributed by atoms with van der Waals surface area (Å²) in [4.78, 5) is 2.30. The molecule has 0 radical (unpaired) electrons. The van der Waals surface area contributed by atoms with Crippen molar-refractivity contribution in [2.24, 2.45) is 0 Å². The van der Waals surface area contributed by atoms with Gasteiger partial charge >= 0.3 is 0 Å². The minimum absolute atomic E-state index is 0. The third-order valence-corrected chi connectivity index (χ3v) is 5.21. The third-order valence-electron chi connectivity index (χ3n) is 5.21. The second kappa shape index (κ2) is 24.2. The van der Waals surface area contributed by atoms with Gasteiger partial charge in [0.25, 0.3) is 0 Å². The molecule has 0 unspecified atom stereocenters. The van der Waals surface area contributed by atoms with Crippen LogP contribution in [0.1, 0.15) is 129 Å². The van der Waals surface area contributed by atoms with Gasteiger partial charge in [-0.2, -0.15) is 0 Å². The van der Waals surface area contributed by atoms with Gasteiger partial charge in [-0.3, -0.25) is 0 Å². The summed E-state index contributed by atoms with van der Waals surface area (Å²) in [5, 5.41) is 0. The summed E-state index contributed by atoms with van der Waals surface area (Å²) in [6.07, 6.45) is 27.8. The van der Waals surface area contributed by atoms with E-state index in [2.05, 4.69) is 25.9 Å². The van der Waals surface area contributed by atoms with Crippen LogP contribution in [-0.2, 0) is 0 Å². The highest BCUT2D eigenvalue weighted by atomic mass is 35.5. The first-order chi connectivity index (χ1) is 11.8. The molecule has 0 spiro atoms. The number of hydrogen-bond acceptors (Lipinski definition) is 1. The largest absolute Gasteiger partial charge is 0.309 e. The van der Waals surface area contributed by atoms with E-state index in [-0.39, 0.29) is 12.4 Å². The second-order valence-corrected chi connectivity index (χ2v) is 8.17. The van der Waals surface area contributed by atoms with Crippen molar-refractivity contribution >= 4 is 12.4 Å². The Balaban J connectivity index is 0. The summed E-state index contributed by atoms with van der Waals surface area (Å²) in [6, 6.07) is 0. The average Bonchev–Trinajstić information content (AvgIpc) is 2.56. The standard InChI is InChI=1S/C23H49N.ClH/c1-4-5-6-7-8-9-10-11-12-13-14-15-16-17-18-19-20-21-22-23-24(2)3;/h4-23H2,1-3H3;1H. The number of halogens is 1. The fourth-order valence-electron chi connectivity index (χ4n) is 3.51. The maximum Gasteiger partial charge on any atom is -0.00248 e. The molecule has 0 saturated heterocycles. The van der Waals surface area contributed by atoms with E-state index in [9.17, 15) is 0 Å². The molecule has 0 aliphatic carbocycles. The van der Waals surface area contributed by atoms with Crippen molar-refractivity contribution in [2.75, 3.05) is 20.6 Å². The minimum Gasteiger partial charge on any atom is -0.309 e. The fraction of sp³-hybridized carbons (Fsp3) is 1.00. The average molecular weight is 376 g/mol. The highest BCUT2D eigenvalue weighted by Crippen LogP contribution is 2.14. The second-order valence-electron chi connectivity index (χ2n) is 8.17. The van der Waals surface area contributed by atoms with Gasteiger partial charge in [0.05, 0.1) is 0 Å². The number of unbranched alkanes of at least 4 members (excludes halogenated alkanes) is 18. The van der Waals surface area contributed by atoms with Gasteiger partial charge in [-0.25, -0.2) is 0 Å². The predicted molar refractivity (Wildman–Crippen MR) is 119 cm³/mol. The van der Waals surface area contributed by atoms with E-state index in [1.807, 2.05) is 0 Å². The van der Waals surface area contributed by atoms with Crippen LogP contribution in [0.15, 0.2) is 0 Å².